The lowest BCUT2D eigenvalue weighted by Crippen LogP contribution is -2.09. The first-order valence-electron chi connectivity index (χ1n) is 6.35. The van der Waals surface area contributed by atoms with Crippen molar-refractivity contribution in [2.45, 2.75) is 26.7 Å². The third-order valence-corrected chi connectivity index (χ3v) is 3.17. The van der Waals surface area contributed by atoms with E-state index in [1.165, 1.54) is 6.20 Å². The van der Waals surface area contributed by atoms with Crippen LogP contribution >= 0.6 is 0 Å². The van der Waals surface area contributed by atoms with Gasteiger partial charge in [-0.25, -0.2) is 14.8 Å². The maximum absolute atomic E-state index is 11.3. The molecule has 0 bridgehead atoms. The number of pyridine rings is 1. The quantitative estimate of drug-likeness (QED) is 0.807. The van der Waals surface area contributed by atoms with Crippen molar-refractivity contribution in [3.05, 3.63) is 17.6 Å². The second kappa shape index (κ2) is 5.26. The number of aromatic nitrogens is 3. The molecule has 0 fully saturated rings. The highest BCUT2D eigenvalue weighted by Crippen LogP contribution is 2.25. The summed E-state index contributed by atoms with van der Waals surface area (Å²) in [5.74, 6) is -0.180. The van der Waals surface area contributed by atoms with Crippen molar-refractivity contribution in [3.8, 4) is 0 Å². The average Bonchev–Trinajstić information content (AvgIpc) is 2.66. The van der Waals surface area contributed by atoms with Crippen LogP contribution in [0.1, 0.15) is 35.9 Å². The molecule has 0 unspecified atom stereocenters. The maximum Gasteiger partial charge on any atom is 0.339 e. The molecule has 0 spiro atoms. The van der Waals surface area contributed by atoms with Crippen LogP contribution < -0.4 is 5.32 Å². The van der Waals surface area contributed by atoms with Crippen molar-refractivity contribution in [1.29, 1.82) is 0 Å². The van der Waals surface area contributed by atoms with Gasteiger partial charge in [0.05, 0.1) is 5.69 Å². The molecule has 0 amide bonds. The summed E-state index contributed by atoms with van der Waals surface area (Å²) < 4.78 is 1.85. The number of imidazole rings is 1. The molecule has 2 N–H and O–H groups in total. The molecule has 102 valence electrons. The van der Waals surface area contributed by atoms with Crippen molar-refractivity contribution >= 4 is 22.8 Å². The van der Waals surface area contributed by atoms with Gasteiger partial charge in [-0.2, -0.15) is 0 Å². The van der Waals surface area contributed by atoms with Crippen molar-refractivity contribution in [2.24, 2.45) is 7.05 Å². The molecule has 6 heteroatoms. The molecule has 0 aliphatic heterocycles. The minimum Gasteiger partial charge on any atom is -0.478 e. The van der Waals surface area contributed by atoms with Crippen LogP contribution in [0.3, 0.4) is 0 Å². The lowest BCUT2D eigenvalue weighted by Gasteiger charge is -2.09. The van der Waals surface area contributed by atoms with E-state index >= 15 is 0 Å². The van der Waals surface area contributed by atoms with E-state index in [4.69, 9.17) is 0 Å². The molecule has 2 heterocycles. The number of unbranched alkanes of at least 4 members (excludes halogenated alkanes) is 1. The number of carboxylic acids is 1. The number of hydrogen-bond donors (Lipinski definition) is 2. The monoisotopic (exact) mass is 262 g/mol. The Hall–Kier alpha value is -2.11. The predicted octanol–water partition coefficient (Wildman–Crippen LogP) is 2.19. The van der Waals surface area contributed by atoms with Crippen LogP contribution in [0.5, 0.6) is 0 Å². The Kier molecular flexibility index (Phi) is 3.69. The Morgan fingerprint density at radius 1 is 1.53 bits per heavy atom. The first-order chi connectivity index (χ1) is 9.06. The van der Waals surface area contributed by atoms with Crippen molar-refractivity contribution < 1.29 is 9.90 Å². The van der Waals surface area contributed by atoms with Crippen LogP contribution in [0.15, 0.2) is 6.20 Å². The molecule has 19 heavy (non-hydrogen) atoms. The van der Waals surface area contributed by atoms with E-state index in [1.54, 1.807) is 0 Å². The minimum atomic E-state index is -0.989. The highest BCUT2D eigenvalue weighted by molar-refractivity contribution is 6.02. The van der Waals surface area contributed by atoms with Gasteiger partial charge in [-0.15, -0.1) is 0 Å². The summed E-state index contributed by atoms with van der Waals surface area (Å²) in [6, 6.07) is 0. The van der Waals surface area contributed by atoms with Crippen LogP contribution in [0.25, 0.3) is 11.2 Å². The summed E-state index contributed by atoms with van der Waals surface area (Å²) in [4.78, 5) is 19.9. The number of carboxylic acid groups (broad SMARTS) is 1. The summed E-state index contributed by atoms with van der Waals surface area (Å²) in [6.45, 7) is 4.69. The molecule has 2 aromatic rings. The normalized spacial score (nSPS) is 10.9. The summed E-state index contributed by atoms with van der Waals surface area (Å²) in [7, 11) is 1.87. The Bertz CT molecular complexity index is 619. The van der Waals surface area contributed by atoms with Gasteiger partial charge >= 0.3 is 5.97 Å². The SMILES string of the molecule is CCCCNc1c(C(=O)O)cnc2c1nc(C)n2C. The van der Waals surface area contributed by atoms with Gasteiger partial charge in [0.25, 0.3) is 0 Å². The number of hydrogen-bond acceptors (Lipinski definition) is 4. The number of nitrogens with one attached hydrogen (secondary N) is 1. The fourth-order valence-electron chi connectivity index (χ4n) is 1.96. The van der Waals surface area contributed by atoms with Gasteiger partial charge in [-0.1, -0.05) is 13.3 Å². The number of carbonyl (C=O) groups is 1. The molecule has 2 rings (SSSR count). The number of aromatic carboxylic acids is 1. The summed E-state index contributed by atoms with van der Waals surface area (Å²) in [5, 5.41) is 12.4. The van der Waals surface area contributed by atoms with E-state index in [0.717, 1.165) is 25.2 Å². The molecule has 0 saturated carbocycles. The molecular formula is C13H18N4O2. The van der Waals surface area contributed by atoms with Crippen LogP contribution in [0, 0.1) is 6.92 Å². The minimum absolute atomic E-state index is 0.168. The Morgan fingerprint density at radius 2 is 2.26 bits per heavy atom. The standard InChI is InChI=1S/C13H18N4O2/c1-4-5-6-14-10-9(13(18)19)7-15-12-11(10)16-8(2)17(12)3/h7H,4-6H2,1-3H3,(H,14,15)(H,18,19). The van der Waals surface area contributed by atoms with Crippen molar-refractivity contribution in [3.63, 3.8) is 0 Å². The second-order valence-electron chi connectivity index (χ2n) is 4.52. The second-order valence-corrected chi connectivity index (χ2v) is 4.52. The largest absolute Gasteiger partial charge is 0.478 e. The lowest BCUT2D eigenvalue weighted by molar-refractivity contribution is 0.0697. The molecular weight excluding hydrogens is 244 g/mol. The molecule has 0 aromatic carbocycles. The third kappa shape index (κ3) is 2.38. The zero-order valence-electron chi connectivity index (χ0n) is 11.4. The topological polar surface area (TPSA) is 80.0 Å². The number of rotatable bonds is 5. The van der Waals surface area contributed by atoms with Crippen molar-refractivity contribution in [2.75, 3.05) is 11.9 Å². The summed E-state index contributed by atoms with van der Waals surface area (Å²) in [6.07, 6.45) is 3.42. The van der Waals surface area contributed by atoms with E-state index in [0.29, 0.717) is 16.9 Å². The fraction of sp³-hybridized carbons (Fsp3) is 0.462. The van der Waals surface area contributed by atoms with Crippen molar-refractivity contribution in [1.82, 2.24) is 14.5 Å². The third-order valence-electron chi connectivity index (χ3n) is 3.17. The van der Waals surface area contributed by atoms with E-state index in [-0.39, 0.29) is 5.56 Å². The smallest absolute Gasteiger partial charge is 0.339 e. The lowest BCUT2D eigenvalue weighted by atomic mass is 10.2. The zero-order valence-corrected chi connectivity index (χ0v) is 11.4. The van der Waals surface area contributed by atoms with Crippen LogP contribution in [-0.2, 0) is 7.05 Å². The van der Waals surface area contributed by atoms with Gasteiger partial charge in [0.15, 0.2) is 5.65 Å². The maximum atomic E-state index is 11.3. The molecule has 0 aliphatic carbocycles. The zero-order chi connectivity index (χ0) is 14.0. The van der Waals surface area contributed by atoms with Crippen LogP contribution in [0.4, 0.5) is 5.69 Å². The average molecular weight is 262 g/mol. The van der Waals surface area contributed by atoms with Gasteiger partial charge in [0.2, 0.25) is 0 Å². The van der Waals surface area contributed by atoms with E-state index < -0.39 is 5.97 Å². The van der Waals surface area contributed by atoms with Gasteiger partial charge in [0, 0.05) is 19.8 Å². The fourth-order valence-corrected chi connectivity index (χ4v) is 1.96. The highest BCUT2D eigenvalue weighted by atomic mass is 16.4. The molecule has 2 aromatic heterocycles. The van der Waals surface area contributed by atoms with Gasteiger partial charge in [0.1, 0.15) is 16.9 Å². The Balaban J connectivity index is 2.55. The molecule has 0 aliphatic rings. The predicted molar refractivity (Wildman–Crippen MR) is 73.6 cm³/mol. The molecule has 0 radical (unpaired) electrons. The number of nitrogens with zero attached hydrogens (tertiary/aromatic N) is 3. The van der Waals surface area contributed by atoms with E-state index in [9.17, 15) is 9.90 Å². The number of anilines is 1. The molecule has 0 saturated heterocycles. The Labute approximate surface area is 111 Å². The van der Waals surface area contributed by atoms with E-state index in [1.807, 2.05) is 18.5 Å². The molecule has 0 atom stereocenters. The highest BCUT2D eigenvalue weighted by Gasteiger charge is 2.18. The van der Waals surface area contributed by atoms with Gasteiger partial charge in [-0.05, 0) is 13.3 Å². The number of aryl methyl sites for hydroxylation is 2. The van der Waals surface area contributed by atoms with Crippen LogP contribution in [-0.4, -0.2) is 32.2 Å². The number of fused-ring (bicyclic) bond motifs is 1. The van der Waals surface area contributed by atoms with Crippen LogP contribution in [0.2, 0.25) is 0 Å². The van der Waals surface area contributed by atoms with Gasteiger partial charge in [-0.3, -0.25) is 0 Å². The first-order valence-corrected chi connectivity index (χ1v) is 6.35. The Morgan fingerprint density at radius 3 is 2.89 bits per heavy atom. The van der Waals surface area contributed by atoms with Gasteiger partial charge < -0.3 is 15.0 Å². The summed E-state index contributed by atoms with van der Waals surface area (Å²) >= 11 is 0. The first kappa shape index (κ1) is 13.3. The van der Waals surface area contributed by atoms with E-state index in [2.05, 4.69) is 22.2 Å². The molecule has 6 nitrogen and oxygen atoms in total. The summed E-state index contributed by atoms with van der Waals surface area (Å²) in [5.41, 5.74) is 2.05.